The second-order valence-electron chi connectivity index (χ2n) is 6.55. The fraction of sp³-hybridized carbons (Fsp3) is 0.0476. The summed E-state index contributed by atoms with van der Waals surface area (Å²) in [5.74, 6) is -0.453. The normalized spacial score (nSPS) is 12.6. The van der Waals surface area contributed by atoms with Crippen LogP contribution in [0, 0.1) is 0 Å². The van der Waals surface area contributed by atoms with Gasteiger partial charge in [0.1, 0.15) is 5.75 Å². The molecule has 0 unspecified atom stereocenters. The van der Waals surface area contributed by atoms with Gasteiger partial charge in [0.15, 0.2) is 10.9 Å². The van der Waals surface area contributed by atoms with Crippen molar-refractivity contribution in [2.75, 3.05) is 0 Å². The highest BCUT2D eigenvalue weighted by molar-refractivity contribution is 9.10. The molecule has 0 aliphatic rings. The fourth-order valence-electron chi connectivity index (χ4n) is 3.79. The van der Waals surface area contributed by atoms with Gasteiger partial charge in [-0.3, -0.25) is 9.59 Å². The van der Waals surface area contributed by atoms with Crippen molar-refractivity contribution in [3.05, 3.63) is 73.5 Å². The molecule has 7 heteroatoms. The summed E-state index contributed by atoms with van der Waals surface area (Å²) >= 11 is 3.35. The van der Waals surface area contributed by atoms with Crippen LogP contribution in [-0.4, -0.2) is 6.36 Å². The van der Waals surface area contributed by atoms with Crippen molar-refractivity contribution >= 4 is 59.0 Å². The van der Waals surface area contributed by atoms with Gasteiger partial charge < -0.3 is 4.74 Å². The molecule has 0 spiro atoms. The van der Waals surface area contributed by atoms with Crippen molar-refractivity contribution in [1.29, 1.82) is 0 Å². The Morgan fingerprint density at radius 2 is 1.14 bits per heavy atom. The molecule has 0 aromatic heterocycles. The summed E-state index contributed by atoms with van der Waals surface area (Å²) < 4.78 is 42.1. The highest BCUT2D eigenvalue weighted by Gasteiger charge is 2.31. The highest BCUT2D eigenvalue weighted by atomic mass is 79.9. The highest BCUT2D eigenvalue weighted by Crippen LogP contribution is 2.34. The van der Waals surface area contributed by atoms with Gasteiger partial charge in [-0.2, -0.15) is 0 Å². The molecule has 138 valence electrons. The predicted octanol–water partition coefficient (Wildman–Crippen LogP) is 5.56. The molecule has 5 rings (SSSR count). The summed E-state index contributed by atoms with van der Waals surface area (Å²) in [5.41, 5.74) is -0.607. The number of hydrogen-bond acceptors (Lipinski definition) is 3. The van der Waals surface area contributed by atoms with Crippen molar-refractivity contribution < 1.29 is 17.9 Å². The Bertz CT molecular complexity index is 1530. The van der Waals surface area contributed by atoms with E-state index in [1.54, 1.807) is 12.1 Å². The van der Waals surface area contributed by atoms with Crippen LogP contribution >= 0.6 is 15.9 Å². The number of rotatable bonds is 1. The Morgan fingerprint density at radius 1 is 0.643 bits per heavy atom. The SMILES string of the molecule is O=c1c2cc(Br)ccc2c2cc3c(cc12)c(=O)c1cc(OC(F)(F)F)ccc13. The third-order valence-electron chi connectivity index (χ3n) is 4.92. The molecule has 0 aliphatic carbocycles. The van der Waals surface area contributed by atoms with E-state index in [2.05, 4.69) is 20.7 Å². The molecule has 0 N–H and O–H groups in total. The molecule has 0 fully saturated rings. The van der Waals surface area contributed by atoms with Gasteiger partial charge in [-0.25, -0.2) is 0 Å². The van der Waals surface area contributed by atoms with E-state index in [0.29, 0.717) is 32.3 Å². The van der Waals surface area contributed by atoms with Crippen molar-refractivity contribution in [3.8, 4) is 5.75 Å². The second kappa shape index (κ2) is 5.54. The average Bonchev–Trinajstić information content (AvgIpc) is 3.05. The zero-order chi connectivity index (χ0) is 19.8. The van der Waals surface area contributed by atoms with Gasteiger partial charge in [-0.15, -0.1) is 13.2 Å². The van der Waals surface area contributed by atoms with Crippen LogP contribution in [0.25, 0.3) is 43.1 Å². The average molecular weight is 445 g/mol. The number of fused-ring (bicyclic) bond motifs is 6. The van der Waals surface area contributed by atoms with E-state index in [1.165, 1.54) is 18.2 Å². The molecule has 5 aromatic rings. The first-order valence-electron chi connectivity index (χ1n) is 8.20. The molecular weight excluding hydrogens is 437 g/mol. The fourth-order valence-corrected chi connectivity index (χ4v) is 4.15. The molecule has 0 heterocycles. The Labute approximate surface area is 162 Å². The summed E-state index contributed by atoms with van der Waals surface area (Å²) in [5, 5.41) is 4.00. The van der Waals surface area contributed by atoms with E-state index in [1.807, 2.05) is 12.1 Å². The summed E-state index contributed by atoms with van der Waals surface area (Å²) in [7, 11) is 0. The lowest BCUT2D eigenvalue weighted by atomic mass is 10.1. The first-order valence-corrected chi connectivity index (χ1v) is 9.00. The van der Waals surface area contributed by atoms with Gasteiger partial charge in [0.05, 0.1) is 0 Å². The molecule has 0 amide bonds. The van der Waals surface area contributed by atoms with Gasteiger partial charge in [-0.1, -0.05) is 22.0 Å². The molecule has 0 radical (unpaired) electrons. The Hall–Kier alpha value is -2.93. The Morgan fingerprint density at radius 3 is 1.75 bits per heavy atom. The van der Waals surface area contributed by atoms with E-state index in [0.717, 1.165) is 15.9 Å². The minimum Gasteiger partial charge on any atom is -0.406 e. The van der Waals surface area contributed by atoms with Crippen LogP contribution in [0.15, 0.2) is 62.6 Å². The van der Waals surface area contributed by atoms with Gasteiger partial charge in [-0.05, 0) is 64.0 Å². The number of alkyl halides is 3. The topological polar surface area (TPSA) is 43.4 Å². The Balaban J connectivity index is 1.87. The summed E-state index contributed by atoms with van der Waals surface area (Å²) in [6.07, 6.45) is -4.84. The van der Waals surface area contributed by atoms with Gasteiger partial charge in [0, 0.05) is 26.0 Å². The van der Waals surface area contributed by atoms with Crippen LogP contribution < -0.4 is 15.6 Å². The maximum Gasteiger partial charge on any atom is 0.573 e. The molecule has 0 saturated carbocycles. The maximum atomic E-state index is 12.8. The van der Waals surface area contributed by atoms with Crippen molar-refractivity contribution in [3.63, 3.8) is 0 Å². The smallest absolute Gasteiger partial charge is 0.406 e. The van der Waals surface area contributed by atoms with E-state index in [-0.39, 0.29) is 10.8 Å². The molecule has 0 aliphatic heterocycles. The minimum absolute atomic E-state index is 0.129. The van der Waals surface area contributed by atoms with Crippen LogP contribution in [0.4, 0.5) is 13.2 Å². The second-order valence-corrected chi connectivity index (χ2v) is 7.46. The van der Waals surface area contributed by atoms with E-state index in [9.17, 15) is 22.8 Å². The third kappa shape index (κ3) is 2.43. The molecule has 0 atom stereocenters. The van der Waals surface area contributed by atoms with E-state index >= 15 is 0 Å². The van der Waals surface area contributed by atoms with Gasteiger partial charge in [0.25, 0.3) is 0 Å². The lowest BCUT2D eigenvalue weighted by Crippen LogP contribution is -2.17. The number of benzene rings is 3. The summed E-state index contributed by atoms with van der Waals surface area (Å²) in [4.78, 5) is 25.5. The minimum atomic E-state index is -4.84. The number of ether oxygens (including phenoxy) is 1. The molecule has 5 aromatic carbocycles. The van der Waals surface area contributed by atoms with Gasteiger partial charge in [0.2, 0.25) is 0 Å². The zero-order valence-corrected chi connectivity index (χ0v) is 15.4. The monoisotopic (exact) mass is 444 g/mol. The van der Waals surface area contributed by atoms with Crippen LogP contribution in [0.5, 0.6) is 5.75 Å². The van der Waals surface area contributed by atoms with Crippen molar-refractivity contribution in [2.45, 2.75) is 6.36 Å². The van der Waals surface area contributed by atoms with E-state index in [4.69, 9.17) is 0 Å². The lowest BCUT2D eigenvalue weighted by molar-refractivity contribution is -0.274. The predicted molar refractivity (Wildman–Crippen MR) is 106 cm³/mol. The van der Waals surface area contributed by atoms with Crippen molar-refractivity contribution in [1.82, 2.24) is 0 Å². The molecule has 3 nitrogen and oxygen atoms in total. The lowest BCUT2D eigenvalue weighted by Gasteiger charge is -2.08. The first kappa shape index (κ1) is 17.2. The zero-order valence-electron chi connectivity index (χ0n) is 13.9. The van der Waals surface area contributed by atoms with Crippen molar-refractivity contribution in [2.24, 2.45) is 0 Å². The largest absolute Gasteiger partial charge is 0.573 e. The third-order valence-corrected chi connectivity index (χ3v) is 5.42. The van der Waals surface area contributed by atoms with E-state index < -0.39 is 17.5 Å². The Kier molecular flexibility index (Phi) is 3.40. The first-order chi connectivity index (χ1) is 13.2. The van der Waals surface area contributed by atoms with Crippen LogP contribution in [0.2, 0.25) is 0 Å². The van der Waals surface area contributed by atoms with Gasteiger partial charge >= 0.3 is 6.36 Å². The number of hydrogen-bond donors (Lipinski definition) is 0. The van der Waals surface area contributed by atoms with Crippen LogP contribution in [0.1, 0.15) is 0 Å². The van der Waals surface area contributed by atoms with Crippen LogP contribution in [0.3, 0.4) is 0 Å². The molecule has 0 bridgehead atoms. The summed E-state index contributed by atoms with van der Waals surface area (Å²) in [6.45, 7) is 0. The quantitative estimate of drug-likeness (QED) is 0.340. The molecule has 0 saturated heterocycles. The molecular formula is C21H8BrF3O3. The number of halogens is 4. The maximum absolute atomic E-state index is 12.8. The molecule has 28 heavy (non-hydrogen) atoms. The summed E-state index contributed by atoms with van der Waals surface area (Å²) in [6, 6.07) is 12.4. The van der Waals surface area contributed by atoms with Crippen LogP contribution in [-0.2, 0) is 0 Å². The standard InChI is InChI=1S/C21H8BrF3O3/c22-9-1-3-11-13-7-14-12-4-2-10(28-21(23,24)25)6-16(12)20(27)18(14)8-17(13)19(26)15(11)5-9/h1-8H.